The zero-order chi connectivity index (χ0) is 15.8. The molecule has 0 spiro atoms. The van der Waals surface area contributed by atoms with Gasteiger partial charge in [0.1, 0.15) is 11.6 Å². The lowest BCUT2D eigenvalue weighted by atomic mass is 9.88. The summed E-state index contributed by atoms with van der Waals surface area (Å²) in [7, 11) is 1.33. The summed E-state index contributed by atoms with van der Waals surface area (Å²) >= 11 is 0. The van der Waals surface area contributed by atoms with Crippen LogP contribution in [0.4, 0.5) is 8.78 Å². The molecule has 2 rings (SSSR count). The Labute approximate surface area is 123 Å². The van der Waals surface area contributed by atoms with Crippen LogP contribution in [-0.4, -0.2) is 36.6 Å². The summed E-state index contributed by atoms with van der Waals surface area (Å²) in [6.07, 6.45) is 0. The number of esters is 1. The van der Waals surface area contributed by atoms with Crippen molar-refractivity contribution in [3.63, 3.8) is 0 Å². The Morgan fingerprint density at radius 2 is 1.95 bits per heavy atom. The summed E-state index contributed by atoms with van der Waals surface area (Å²) < 4.78 is 32.0. The predicted molar refractivity (Wildman–Crippen MR) is 75.9 cm³/mol. The lowest BCUT2D eigenvalue weighted by molar-refractivity contribution is -0.145. The van der Waals surface area contributed by atoms with E-state index < -0.39 is 17.6 Å². The van der Waals surface area contributed by atoms with E-state index in [2.05, 4.69) is 4.90 Å². The average molecular weight is 297 g/mol. The highest BCUT2D eigenvalue weighted by Gasteiger charge is 2.43. The maximum Gasteiger partial charge on any atom is 0.310 e. The van der Waals surface area contributed by atoms with E-state index in [9.17, 15) is 13.6 Å². The van der Waals surface area contributed by atoms with Crippen molar-refractivity contribution in [3.8, 4) is 0 Å². The van der Waals surface area contributed by atoms with E-state index in [0.717, 1.165) is 6.07 Å². The quantitative estimate of drug-likeness (QED) is 0.786. The van der Waals surface area contributed by atoms with Crippen LogP contribution >= 0.6 is 0 Å². The first kappa shape index (κ1) is 15.9. The predicted octanol–water partition coefficient (Wildman–Crippen LogP) is 2.95. The molecule has 1 aliphatic rings. The second kappa shape index (κ2) is 5.72. The molecule has 1 heterocycles. The van der Waals surface area contributed by atoms with Gasteiger partial charge in [-0.1, -0.05) is 6.07 Å². The third-order valence-electron chi connectivity index (χ3n) is 4.13. The SMILES string of the molecule is COC(=O)[C@H]1CN(C(C)(C)C)C[C@@H]1c1ccc(F)cc1F. The normalized spacial score (nSPS) is 23.3. The van der Waals surface area contributed by atoms with Crippen molar-refractivity contribution >= 4 is 5.97 Å². The molecular weight excluding hydrogens is 276 g/mol. The molecule has 0 amide bonds. The molecule has 1 aromatic carbocycles. The molecule has 21 heavy (non-hydrogen) atoms. The number of ether oxygens (including phenoxy) is 1. The highest BCUT2D eigenvalue weighted by molar-refractivity contribution is 5.74. The van der Waals surface area contributed by atoms with Crippen LogP contribution in [0.15, 0.2) is 18.2 Å². The molecule has 0 aliphatic carbocycles. The van der Waals surface area contributed by atoms with Crippen molar-refractivity contribution in [1.82, 2.24) is 4.90 Å². The Kier molecular flexibility index (Phi) is 4.33. The summed E-state index contributed by atoms with van der Waals surface area (Å²) in [6, 6.07) is 3.52. The van der Waals surface area contributed by atoms with Crippen LogP contribution in [0.1, 0.15) is 32.3 Å². The molecule has 1 aromatic rings. The summed E-state index contributed by atoms with van der Waals surface area (Å²) in [5, 5.41) is 0. The van der Waals surface area contributed by atoms with E-state index >= 15 is 0 Å². The van der Waals surface area contributed by atoms with Gasteiger partial charge in [-0.15, -0.1) is 0 Å². The van der Waals surface area contributed by atoms with Crippen LogP contribution in [0.2, 0.25) is 0 Å². The molecule has 2 atom stereocenters. The van der Waals surface area contributed by atoms with E-state index in [4.69, 9.17) is 4.74 Å². The zero-order valence-electron chi connectivity index (χ0n) is 12.8. The first-order chi connectivity index (χ1) is 9.74. The van der Waals surface area contributed by atoms with Gasteiger partial charge >= 0.3 is 5.97 Å². The van der Waals surface area contributed by atoms with Crippen LogP contribution in [-0.2, 0) is 9.53 Å². The highest BCUT2D eigenvalue weighted by atomic mass is 19.1. The Bertz CT molecular complexity index is 540. The van der Waals surface area contributed by atoms with Crippen LogP contribution in [0.5, 0.6) is 0 Å². The number of halogens is 2. The van der Waals surface area contributed by atoms with Crippen LogP contribution < -0.4 is 0 Å². The van der Waals surface area contributed by atoms with E-state index in [1.54, 1.807) is 0 Å². The Morgan fingerprint density at radius 1 is 1.29 bits per heavy atom. The standard InChI is InChI=1S/C16H21F2NO2/c1-16(2,3)19-8-12(13(9-19)15(20)21-4)11-6-5-10(17)7-14(11)18/h5-7,12-13H,8-9H2,1-4H3/t12-,13+/m1/s1. The minimum absolute atomic E-state index is 0.127. The topological polar surface area (TPSA) is 29.5 Å². The Balaban J connectivity index is 2.36. The molecule has 5 heteroatoms. The van der Waals surface area contributed by atoms with Gasteiger partial charge in [0.05, 0.1) is 13.0 Å². The maximum atomic E-state index is 14.1. The maximum absolute atomic E-state index is 14.1. The fourth-order valence-electron chi connectivity index (χ4n) is 2.86. The van der Waals surface area contributed by atoms with Crippen LogP contribution in [0, 0.1) is 17.6 Å². The van der Waals surface area contributed by atoms with E-state index in [-0.39, 0.29) is 17.4 Å². The monoisotopic (exact) mass is 297 g/mol. The van der Waals surface area contributed by atoms with Gasteiger partial charge in [0.2, 0.25) is 0 Å². The van der Waals surface area contributed by atoms with Crippen molar-refractivity contribution in [1.29, 1.82) is 0 Å². The molecule has 3 nitrogen and oxygen atoms in total. The second-order valence-corrected chi connectivity index (χ2v) is 6.48. The molecule has 1 aliphatic heterocycles. The van der Waals surface area contributed by atoms with Crippen molar-refractivity contribution in [2.24, 2.45) is 5.92 Å². The first-order valence-corrected chi connectivity index (χ1v) is 7.02. The molecule has 0 aromatic heterocycles. The Morgan fingerprint density at radius 3 is 2.48 bits per heavy atom. The van der Waals surface area contributed by atoms with Gasteiger partial charge in [-0.3, -0.25) is 9.69 Å². The van der Waals surface area contributed by atoms with Gasteiger partial charge in [0, 0.05) is 30.6 Å². The first-order valence-electron chi connectivity index (χ1n) is 7.02. The zero-order valence-corrected chi connectivity index (χ0v) is 12.8. The van der Waals surface area contributed by atoms with E-state index in [1.165, 1.54) is 19.2 Å². The van der Waals surface area contributed by atoms with Crippen LogP contribution in [0.3, 0.4) is 0 Å². The average Bonchev–Trinajstić information content (AvgIpc) is 2.82. The third kappa shape index (κ3) is 3.23. The molecule has 116 valence electrons. The largest absolute Gasteiger partial charge is 0.469 e. The molecule has 0 unspecified atom stereocenters. The number of carbonyl (C=O) groups is 1. The second-order valence-electron chi connectivity index (χ2n) is 6.48. The Hall–Kier alpha value is -1.49. The summed E-state index contributed by atoms with van der Waals surface area (Å²) in [5.41, 5.74) is 0.246. The van der Waals surface area contributed by atoms with Crippen molar-refractivity contribution in [2.45, 2.75) is 32.2 Å². The van der Waals surface area contributed by atoms with Gasteiger partial charge in [0.15, 0.2) is 0 Å². The molecular formula is C16H21F2NO2. The number of methoxy groups -OCH3 is 1. The lowest BCUT2D eigenvalue weighted by Crippen LogP contribution is -2.40. The number of benzene rings is 1. The minimum atomic E-state index is -0.614. The van der Waals surface area contributed by atoms with Gasteiger partial charge in [-0.05, 0) is 32.4 Å². The smallest absolute Gasteiger partial charge is 0.310 e. The van der Waals surface area contributed by atoms with Gasteiger partial charge < -0.3 is 4.74 Å². The summed E-state index contributed by atoms with van der Waals surface area (Å²) in [4.78, 5) is 14.1. The fourth-order valence-corrected chi connectivity index (χ4v) is 2.86. The summed E-state index contributed by atoms with van der Waals surface area (Å²) in [5.74, 6) is -2.33. The van der Waals surface area contributed by atoms with Crippen LogP contribution in [0.25, 0.3) is 0 Å². The third-order valence-corrected chi connectivity index (χ3v) is 4.13. The number of nitrogens with zero attached hydrogens (tertiary/aromatic N) is 1. The van der Waals surface area contributed by atoms with Gasteiger partial charge in [-0.2, -0.15) is 0 Å². The van der Waals surface area contributed by atoms with Gasteiger partial charge in [0.25, 0.3) is 0 Å². The minimum Gasteiger partial charge on any atom is -0.469 e. The lowest BCUT2D eigenvalue weighted by Gasteiger charge is -2.31. The van der Waals surface area contributed by atoms with Crippen molar-refractivity contribution in [2.75, 3.05) is 20.2 Å². The van der Waals surface area contributed by atoms with Crippen molar-refractivity contribution < 1.29 is 18.3 Å². The number of rotatable bonds is 2. The van der Waals surface area contributed by atoms with Crippen molar-refractivity contribution in [3.05, 3.63) is 35.4 Å². The number of likely N-dealkylation sites (tertiary alicyclic amines) is 1. The van der Waals surface area contributed by atoms with E-state index in [0.29, 0.717) is 18.7 Å². The fraction of sp³-hybridized carbons (Fsp3) is 0.562. The number of hydrogen-bond acceptors (Lipinski definition) is 3. The molecule has 1 saturated heterocycles. The summed E-state index contributed by atoms with van der Waals surface area (Å²) in [6.45, 7) is 7.20. The highest BCUT2D eigenvalue weighted by Crippen LogP contribution is 2.37. The molecule has 0 saturated carbocycles. The number of hydrogen-bond donors (Lipinski definition) is 0. The number of carbonyl (C=O) groups excluding carboxylic acids is 1. The molecule has 0 N–H and O–H groups in total. The molecule has 1 fully saturated rings. The molecule has 0 radical (unpaired) electrons. The van der Waals surface area contributed by atoms with Gasteiger partial charge in [-0.25, -0.2) is 8.78 Å². The molecule has 0 bridgehead atoms. The van der Waals surface area contributed by atoms with E-state index in [1.807, 2.05) is 20.8 Å².